The molecule has 4 unspecified atom stereocenters. The Kier molecular flexibility index (Phi) is 7.44. The molecule has 2 aliphatic rings. The van der Waals surface area contributed by atoms with Crippen LogP contribution in [0.1, 0.15) is 46.0 Å². The Hall–Kier alpha value is -0.160. The van der Waals surface area contributed by atoms with Gasteiger partial charge in [0.2, 0.25) is 0 Å². The first kappa shape index (κ1) is 17.2. The third-order valence-electron chi connectivity index (χ3n) is 5.17. The Morgan fingerprint density at radius 2 is 2.14 bits per heavy atom. The molecule has 2 fully saturated rings. The summed E-state index contributed by atoms with van der Waals surface area (Å²) in [5.41, 5.74) is 0. The molecular formula is C17H34N2O2. The van der Waals surface area contributed by atoms with Crippen molar-refractivity contribution in [2.45, 2.75) is 58.1 Å². The SMILES string of the molecule is CCCC1CCC(NCC)C(CN2CCOC(CO)C2)C1. The molecule has 4 heteroatoms. The van der Waals surface area contributed by atoms with Gasteiger partial charge in [-0.3, -0.25) is 4.90 Å². The van der Waals surface area contributed by atoms with Gasteiger partial charge in [0.25, 0.3) is 0 Å². The van der Waals surface area contributed by atoms with E-state index < -0.39 is 0 Å². The first-order chi connectivity index (χ1) is 10.3. The van der Waals surface area contributed by atoms with Gasteiger partial charge in [0.15, 0.2) is 0 Å². The van der Waals surface area contributed by atoms with E-state index >= 15 is 0 Å². The van der Waals surface area contributed by atoms with E-state index in [4.69, 9.17) is 4.74 Å². The van der Waals surface area contributed by atoms with Gasteiger partial charge in [-0.05, 0) is 37.6 Å². The zero-order valence-corrected chi connectivity index (χ0v) is 13.9. The van der Waals surface area contributed by atoms with Crippen molar-refractivity contribution in [1.82, 2.24) is 10.2 Å². The summed E-state index contributed by atoms with van der Waals surface area (Å²) in [5.74, 6) is 1.68. The van der Waals surface area contributed by atoms with Crippen molar-refractivity contribution in [2.75, 3.05) is 39.4 Å². The Morgan fingerprint density at radius 1 is 1.29 bits per heavy atom. The van der Waals surface area contributed by atoms with Crippen LogP contribution in [-0.4, -0.2) is 61.5 Å². The molecule has 2 rings (SSSR count). The van der Waals surface area contributed by atoms with Crippen molar-refractivity contribution in [3.63, 3.8) is 0 Å². The first-order valence-corrected chi connectivity index (χ1v) is 8.95. The number of hydrogen-bond donors (Lipinski definition) is 2. The maximum Gasteiger partial charge on any atom is 0.0932 e. The van der Waals surface area contributed by atoms with Crippen molar-refractivity contribution in [1.29, 1.82) is 0 Å². The van der Waals surface area contributed by atoms with Gasteiger partial charge >= 0.3 is 0 Å². The van der Waals surface area contributed by atoms with Crippen LogP contribution in [0.5, 0.6) is 0 Å². The molecule has 124 valence electrons. The van der Waals surface area contributed by atoms with Crippen LogP contribution in [0.2, 0.25) is 0 Å². The molecule has 21 heavy (non-hydrogen) atoms. The minimum absolute atomic E-state index is 0.0198. The molecule has 4 atom stereocenters. The van der Waals surface area contributed by atoms with Crippen molar-refractivity contribution in [3.8, 4) is 0 Å². The molecule has 4 nitrogen and oxygen atoms in total. The highest BCUT2D eigenvalue weighted by atomic mass is 16.5. The zero-order valence-electron chi connectivity index (χ0n) is 13.9. The summed E-state index contributed by atoms with van der Waals surface area (Å²) in [6.45, 7) is 9.58. The Bertz CT molecular complexity index is 288. The fourth-order valence-electron chi connectivity index (χ4n) is 4.15. The first-order valence-electron chi connectivity index (χ1n) is 8.95. The van der Waals surface area contributed by atoms with Crippen molar-refractivity contribution in [3.05, 3.63) is 0 Å². The third-order valence-corrected chi connectivity index (χ3v) is 5.17. The molecule has 1 aliphatic carbocycles. The molecule has 0 spiro atoms. The van der Waals surface area contributed by atoms with Gasteiger partial charge in [0.1, 0.15) is 0 Å². The van der Waals surface area contributed by atoms with E-state index in [1.54, 1.807) is 0 Å². The van der Waals surface area contributed by atoms with Gasteiger partial charge < -0.3 is 15.2 Å². The van der Waals surface area contributed by atoms with Crippen LogP contribution in [0.4, 0.5) is 0 Å². The second kappa shape index (κ2) is 9.09. The monoisotopic (exact) mass is 298 g/mol. The van der Waals surface area contributed by atoms with Gasteiger partial charge in [0, 0.05) is 25.7 Å². The highest BCUT2D eigenvalue weighted by Gasteiger charge is 2.32. The van der Waals surface area contributed by atoms with Gasteiger partial charge in [-0.25, -0.2) is 0 Å². The van der Waals surface area contributed by atoms with E-state index in [2.05, 4.69) is 24.1 Å². The minimum atomic E-state index is 0.0198. The van der Waals surface area contributed by atoms with Crippen LogP contribution in [0, 0.1) is 11.8 Å². The number of morpholine rings is 1. The molecule has 0 aromatic heterocycles. The van der Waals surface area contributed by atoms with Gasteiger partial charge in [-0.1, -0.05) is 26.7 Å². The standard InChI is InChI=1S/C17H34N2O2/c1-3-5-14-6-7-17(18-4-2)15(10-14)11-19-8-9-21-16(12-19)13-20/h14-18,20H,3-13H2,1-2H3. The Balaban J connectivity index is 1.88. The highest BCUT2D eigenvalue weighted by Crippen LogP contribution is 2.33. The lowest BCUT2D eigenvalue weighted by molar-refractivity contribution is -0.0593. The third kappa shape index (κ3) is 5.20. The van der Waals surface area contributed by atoms with E-state index in [9.17, 15) is 5.11 Å². The van der Waals surface area contributed by atoms with Crippen LogP contribution in [-0.2, 0) is 4.74 Å². The summed E-state index contributed by atoms with van der Waals surface area (Å²) in [5, 5.41) is 13.0. The van der Waals surface area contributed by atoms with Crippen molar-refractivity contribution >= 4 is 0 Å². The summed E-state index contributed by atoms with van der Waals surface area (Å²) in [4.78, 5) is 2.51. The normalized spacial score (nSPS) is 35.0. The maximum atomic E-state index is 9.30. The number of hydrogen-bond acceptors (Lipinski definition) is 4. The second-order valence-electron chi connectivity index (χ2n) is 6.83. The fourth-order valence-corrected chi connectivity index (χ4v) is 4.15. The zero-order chi connectivity index (χ0) is 15.1. The minimum Gasteiger partial charge on any atom is -0.394 e. The summed E-state index contributed by atoms with van der Waals surface area (Å²) < 4.78 is 5.57. The Morgan fingerprint density at radius 3 is 2.86 bits per heavy atom. The van der Waals surface area contributed by atoms with Gasteiger partial charge in [0.05, 0.1) is 19.3 Å². The number of nitrogens with zero attached hydrogens (tertiary/aromatic N) is 1. The summed E-state index contributed by atoms with van der Waals surface area (Å²) in [7, 11) is 0. The molecule has 0 amide bonds. The number of rotatable bonds is 7. The predicted octanol–water partition coefficient (Wildman–Crippen LogP) is 1.87. The van der Waals surface area contributed by atoms with E-state index in [0.717, 1.165) is 44.6 Å². The lowest BCUT2D eigenvalue weighted by Gasteiger charge is -2.41. The molecule has 0 radical (unpaired) electrons. The largest absolute Gasteiger partial charge is 0.394 e. The number of nitrogens with one attached hydrogen (secondary N) is 1. The van der Waals surface area contributed by atoms with Crippen LogP contribution in [0.15, 0.2) is 0 Å². The summed E-state index contributed by atoms with van der Waals surface area (Å²) in [6, 6.07) is 0.679. The molecule has 2 N–H and O–H groups in total. The lowest BCUT2D eigenvalue weighted by Crippen LogP contribution is -2.50. The van der Waals surface area contributed by atoms with Crippen LogP contribution >= 0.6 is 0 Å². The molecule has 0 aromatic carbocycles. The lowest BCUT2D eigenvalue weighted by atomic mass is 9.76. The summed E-state index contributed by atoms with van der Waals surface area (Å²) >= 11 is 0. The molecule has 1 aliphatic heterocycles. The predicted molar refractivity (Wildman–Crippen MR) is 86.5 cm³/mol. The molecule has 1 saturated carbocycles. The average Bonchev–Trinajstić information content (AvgIpc) is 2.50. The van der Waals surface area contributed by atoms with Gasteiger partial charge in [-0.15, -0.1) is 0 Å². The molecule has 0 bridgehead atoms. The van der Waals surface area contributed by atoms with Crippen LogP contribution in [0.25, 0.3) is 0 Å². The highest BCUT2D eigenvalue weighted by molar-refractivity contribution is 4.87. The van der Waals surface area contributed by atoms with Crippen LogP contribution in [0.3, 0.4) is 0 Å². The smallest absolute Gasteiger partial charge is 0.0932 e. The fraction of sp³-hybridized carbons (Fsp3) is 1.00. The van der Waals surface area contributed by atoms with Crippen LogP contribution < -0.4 is 5.32 Å². The van der Waals surface area contributed by atoms with Crippen molar-refractivity contribution < 1.29 is 9.84 Å². The second-order valence-corrected chi connectivity index (χ2v) is 6.83. The number of ether oxygens (including phenoxy) is 1. The number of aliphatic hydroxyl groups excluding tert-OH is 1. The number of aliphatic hydroxyl groups is 1. The molecule has 0 aromatic rings. The molecule has 1 saturated heterocycles. The van der Waals surface area contributed by atoms with E-state index in [1.165, 1.54) is 32.1 Å². The van der Waals surface area contributed by atoms with E-state index in [0.29, 0.717) is 6.04 Å². The van der Waals surface area contributed by atoms with Crippen molar-refractivity contribution in [2.24, 2.45) is 11.8 Å². The van der Waals surface area contributed by atoms with E-state index in [-0.39, 0.29) is 12.7 Å². The molecule has 1 heterocycles. The quantitative estimate of drug-likeness (QED) is 0.753. The summed E-state index contributed by atoms with van der Waals surface area (Å²) in [6.07, 6.45) is 6.81. The van der Waals surface area contributed by atoms with Gasteiger partial charge in [-0.2, -0.15) is 0 Å². The van der Waals surface area contributed by atoms with E-state index in [1.807, 2.05) is 0 Å². The average molecular weight is 298 g/mol. The topological polar surface area (TPSA) is 44.7 Å². The maximum absolute atomic E-state index is 9.30. The Labute approximate surface area is 130 Å². The molecular weight excluding hydrogens is 264 g/mol.